The van der Waals surface area contributed by atoms with Gasteiger partial charge in [-0.1, -0.05) is 202 Å². The summed E-state index contributed by atoms with van der Waals surface area (Å²) >= 11 is 0. The van der Waals surface area contributed by atoms with E-state index in [9.17, 15) is 0 Å². The second kappa shape index (κ2) is 17.0. The summed E-state index contributed by atoms with van der Waals surface area (Å²) in [5.74, 6) is 0. The molecule has 0 fully saturated rings. The van der Waals surface area contributed by atoms with Gasteiger partial charge < -0.3 is 9.80 Å². The number of benzene rings is 12. The smallest absolute Gasteiger partial charge is 0.0493 e. The molecule has 12 aromatic carbocycles. The summed E-state index contributed by atoms with van der Waals surface area (Å²) in [5, 5.41) is 7.44. The molecule has 0 saturated carbocycles. The van der Waals surface area contributed by atoms with E-state index < -0.39 is 0 Å². The van der Waals surface area contributed by atoms with Crippen LogP contribution in [0.4, 0.5) is 34.1 Å². The first-order valence-electron chi connectivity index (χ1n) is 26.7. The molecule has 0 unspecified atom stereocenters. The molecule has 0 bridgehead atoms. The highest BCUT2D eigenvalue weighted by atomic mass is 15.2. The maximum atomic E-state index is 2.53. The van der Waals surface area contributed by atoms with Crippen molar-refractivity contribution in [3.05, 3.63) is 276 Å². The zero-order chi connectivity index (χ0) is 49.8. The van der Waals surface area contributed by atoms with Crippen LogP contribution in [-0.4, -0.2) is 0 Å². The minimum Gasteiger partial charge on any atom is -0.310 e. The minimum atomic E-state index is -0.162. The first-order valence-corrected chi connectivity index (χ1v) is 26.7. The zero-order valence-electron chi connectivity index (χ0n) is 42.3. The molecule has 3 aliphatic rings. The lowest BCUT2D eigenvalue weighted by Gasteiger charge is -2.29. The number of aryl methyl sites for hydroxylation is 4. The lowest BCUT2D eigenvalue weighted by Crippen LogP contribution is -2.15. The first-order chi connectivity index (χ1) is 37.0. The topological polar surface area (TPSA) is 6.48 Å². The standard InChI is InChI=1S/C73H54N2/c1-73(2)65-25-10-9-23-59(65)60-41-38-54(44-66(60)73)72-62-43-40-55(74-67-26-11-4-17-49(67)32-33-50-18-5-12-27-68(50)74)45-63(62)71(53-36-30-48(31-37-53)58-24-15-21-47-16-3-8-22-57(47)58)61-42-39-56(46-64(61)72)75-69-28-13-6-19-51(69)34-35-52-20-7-14-29-70(52)75/h3-31,36-46H,32-35H2,1-2H3. The van der Waals surface area contributed by atoms with E-state index >= 15 is 0 Å². The van der Waals surface area contributed by atoms with E-state index in [1.807, 2.05) is 0 Å². The zero-order valence-corrected chi connectivity index (χ0v) is 42.3. The predicted molar refractivity (Wildman–Crippen MR) is 317 cm³/mol. The van der Waals surface area contributed by atoms with Crippen LogP contribution in [0.3, 0.4) is 0 Å². The number of anilines is 6. The van der Waals surface area contributed by atoms with Crippen molar-refractivity contribution in [1.29, 1.82) is 0 Å². The number of hydrogen-bond acceptors (Lipinski definition) is 2. The first kappa shape index (κ1) is 43.6. The van der Waals surface area contributed by atoms with Gasteiger partial charge in [-0.3, -0.25) is 0 Å². The van der Waals surface area contributed by atoms with Gasteiger partial charge in [0.1, 0.15) is 0 Å². The summed E-state index contributed by atoms with van der Waals surface area (Å²) in [5.41, 5.74) is 25.4. The van der Waals surface area contributed by atoms with Crippen LogP contribution in [0.5, 0.6) is 0 Å². The van der Waals surface area contributed by atoms with E-state index in [0.29, 0.717) is 0 Å². The molecule has 356 valence electrons. The summed E-state index contributed by atoms with van der Waals surface area (Å²) < 4.78 is 0. The molecule has 0 amide bonds. The highest BCUT2D eigenvalue weighted by molar-refractivity contribution is 6.23. The van der Waals surface area contributed by atoms with Crippen molar-refractivity contribution in [2.24, 2.45) is 0 Å². The van der Waals surface area contributed by atoms with E-state index in [1.54, 1.807) is 0 Å². The highest BCUT2D eigenvalue weighted by Gasteiger charge is 2.36. The van der Waals surface area contributed by atoms with Crippen molar-refractivity contribution in [1.82, 2.24) is 0 Å². The fourth-order valence-electron chi connectivity index (χ4n) is 13.4. The fraction of sp³-hybridized carbons (Fsp3) is 0.0959. The normalized spacial score (nSPS) is 14.1. The van der Waals surface area contributed by atoms with Crippen molar-refractivity contribution < 1.29 is 0 Å². The molecule has 0 N–H and O–H groups in total. The van der Waals surface area contributed by atoms with Crippen molar-refractivity contribution in [3.8, 4) is 44.5 Å². The Kier molecular flexibility index (Phi) is 9.91. The number of hydrogen-bond donors (Lipinski definition) is 0. The van der Waals surface area contributed by atoms with E-state index in [0.717, 1.165) is 37.1 Å². The van der Waals surface area contributed by atoms with Crippen LogP contribution < -0.4 is 9.80 Å². The molecule has 0 saturated heterocycles. The molecule has 2 heteroatoms. The molecule has 0 radical (unpaired) electrons. The average Bonchev–Trinajstić information content (AvgIpc) is 3.58. The van der Waals surface area contributed by atoms with Crippen LogP contribution in [0.1, 0.15) is 47.2 Å². The van der Waals surface area contributed by atoms with Gasteiger partial charge >= 0.3 is 0 Å². The third-order valence-electron chi connectivity index (χ3n) is 17.0. The maximum absolute atomic E-state index is 2.53. The highest BCUT2D eigenvalue weighted by Crippen LogP contribution is 2.54. The van der Waals surface area contributed by atoms with Gasteiger partial charge in [0.25, 0.3) is 0 Å². The quantitative estimate of drug-likeness (QED) is 0.159. The monoisotopic (exact) mass is 958 g/mol. The lowest BCUT2D eigenvalue weighted by molar-refractivity contribution is 0.660. The molecule has 0 aromatic heterocycles. The number of nitrogens with zero attached hydrogens (tertiary/aromatic N) is 2. The Bertz CT molecular complexity index is 4190. The molecule has 2 heterocycles. The molecular weight excluding hydrogens is 905 g/mol. The average molecular weight is 959 g/mol. The molecule has 0 atom stereocenters. The molecule has 1 aliphatic carbocycles. The van der Waals surface area contributed by atoms with Crippen molar-refractivity contribution in [2.75, 3.05) is 9.80 Å². The molecular formula is C73H54N2. The van der Waals surface area contributed by atoms with E-state index in [1.165, 1.54) is 133 Å². The van der Waals surface area contributed by atoms with Gasteiger partial charge in [-0.2, -0.15) is 0 Å². The molecule has 15 rings (SSSR count). The summed E-state index contributed by atoms with van der Waals surface area (Å²) in [4.78, 5) is 5.06. The Balaban J connectivity index is 1.04. The lowest BCUT2D eigenvalue weighted by atomic mass is 9.80. The van der Waals surface area contributed by atoms with Gasteiger partial charge in [-0.05, 0) is 190 Å². The summed E-state index contributed by atoms with van der Waals surface area (Å²) in [6.45, 7) is 4.80. The van der Waals surface area contributed by atoms with E-state index in [-0.39, 0.29) is 5.41 Å². The molecule has 0 spiro atoms. The van der Waals surface area contributed by atoms with Crippen molar-refractivity contribution in [3.63, 3.8) is 0 Å². The van der Waals surface area contributed by atoms with Crippen LogP contribution in [0.25, 0.3) is 76.8 Å². The van der Waals surface area contributed by atoms with Crippen molar-refractivity contribution in [2.45, 2.75) is 44.9 Å². The Labute approximate surface area is 439 Å². The SMILES string of the molecule is CC1(C)c2ccccc2-c2ccc(-c3c4ccc(N5c6ccccc6CCc6ccccc65)cc4c(-c4ccc(-c5cccc6ccccc56)cc4)c4ccc(N5c6ccccc6CCc6ccccc65)cc34)cc21. The third-order valence-corrected chi connectivity index (χ3v) is 17.0. The fourth-order valence-corrected chi connectivity index (χ4v) is 13.4. The predicted octanol–water partition coefficient (Wildman–Crippen LogP) is 19.6. The number of para-hydroxylation sites is 4. The van der Waals surface area contributed by atoms with Crippen LogP contribution in [-0.2, 0) is 31.1 Å². The largest absolute Gasteiger partial charge is 0.310 e. The van der Waals surface area contributed by atoms with Gasteiger partial charge in [0.05, 0.1) is 0 Å². The minimum absolute atomic E-state index is 0.162. The Morgan fingerprint density at radius 1 is 0.293 bits per heavy atom. The van der Waals surface area contributed by atoms with Crippen LogP contribution >= 0.6 is 0 Å². The van der Waals surface area contributed by atoms with Crippen LogP contribution in [0, 0.1) is 0 Å². The van der Waals surface area contributed by atoms with Crippen molar-refractivity contribution >= 4 is 66.4 Å². The summed E-state index contributed by atoms with van der Waals surface area (Å²) in [7, 11) is 0. The third kappa shape index (κ3) is 6.86. The van der Waals surface area contributed by atoms with Gasteiger partial charge in [0, 0.05) is 39.5 Å². The summed E-state index contributed by atoms with van der Waals surface area (Å²) in [6.07, 6.45) is 3.97. The van der Waals surface area contributed by atoms with Gasteiger partial charge in [-0.15, -0.1) is 0 Å². The van der Waals surface area contributed by atoms with Crippen LogP contribution in [0.15, 0.2) is 243 Å². The molecule has 75 heavy (non-hydrogen) atoms. The molecule has 2 aliphatic heterocycles. The number of fused-ring (bicyclic) bond motifs is 10. The van der Waals surface area contributed by atoms with E-state index in [2.05, 4.69) is 266 Å². The second-order valence-electron chi connectivity index (χ2n) is 21.4. The second-order valence-corrected chi connectivity index (χ2v) is 21.4. The Morgan fingerprint density at radius 3 is 1.29 bits per heavy atom. The summed E-state index contributed by atoms with van der Waals surface area (Å²) in [6, 6.07) is 91.9. The maximum Gasteiger partial charge on any atom is 0.0493 e. The molecule has 2 nitrogen and oxygen atoms in total. The van der Waals surface area contributed by atoms with Gasteiger partial charge in [0.2, 0.25) is 0 Å². The molecule has 12 aromatic rings. The Hall–Kier alpha value is -8.98. The Morgan fingerprint density at radius 2 is 0.720 bits per heavy atom. The van der Waals surface area contributed by atoms with Gasteiger partial charge in [0.15, 0.2) is 0 Å². The van der Waals surface area contributed by atoms with Crippen LogP contribution in [0.2, 0.25) is 0 Å². The van der Waals surface area contributed by atoms with E-state index in [4.69, 9.17) is 0 Å². The van der Waals surface area contributed by atoms with Gasteiger partial charge in [-0.25, -0.2) is 0 Å². The number of rotatable bonds is 5.